The van der Waals surface area contributed by atoms with Gasteiger partial charge in [0.25, 0.3) is 15.9 Å². The van der Waals surface area contributed by atoms with Crippen molar-refractivity contribution in [2.45, 2.75) is 11.8 Å². The van der Waals surface area contributed by atoms with Crippen molar-refractivity contribution in [2.24, 2.45) is 0 Å². The second kappa shape index (κ2) is 8.46. The molecule has 0 N–H and O–H groups in total. The highest BCUT2D eigenvalue weighted by Crippen LogP contribution is 2.33. The van der Waals surface area contributed by atoms with E-state index in [-0.39, 0.29) is 37.3 Å². The number of hydrogen-bond donors (Lipinski definition) is 0. The van der Waals surface area contributed by atoms with Crippen LogP contribution in [0.4, 0.5) is 0 Å². The first-order valence-corrected chi connectivity index (χ1v) is 11.5. The highest BCUT2D eigenvalue weighted by Gasteiger charge is 2.26. The van der Waals surface area contributed by atoms with Crippen LogP contribution < -0.4 is 9.47 Å². The number of aryl methyl sites for hydroxylation is 1. The van der Waals surface area contributed by atoms with Crippen LogP contribution in [0, 0.1) is 6.92 Å². The van der Waals surface area contributed by atoms with Crippen LogP contribution in [-0.4, -0.2) is 30.7 Å². The van der Waals surface area contributed by atoms with Gasteiger partial charge in [-0.05, 0) is 49.4 Å². The Morgan fingerprint density at radius 3 is 2.28 bits per heavy atom. The fraction of sp³-hybridized carbons (Fsp3) is 0.0909. The van der Waals surface area contributed by atoms with Crippen molar-refractivity contribution in [3.63, 3.8) is 0 Å². The SMILES string of the molecule is COc1ccc2c(c1)c(OC(=O)c1c(Cl)cccc1Cl)nn2S(=O)(=O)c1ccc(C)cc1. The van der Waals surface area contributed by atoms with E-state index in [0.29, 0.717) is 5.75 Å². The molecule has 0 amide bonds. The average molecular weight is 491 g/mol. The van der Waals surface area contributed by atoms with Crippen molar-refractivity contribution in [1.82, 2.24) is 9.19 Å². The molecule has 0 saturated carbocycles. The molecule has 0 aliphatic heterocycles. The smallest absolute Gasteiger partial charge is 0.347 e. The molecule has 0 spiro atoms. The Labute approximate surface area is 194 Å². The Morgan fingerprint density at radius 1 is 1.00 bits per heavy atom. The summed E-state index contributed by atoms with van der Waals surface area (Å²) >= 11 is 12.2. The number of benzene rings is 3. The second-order valence-corrected chi connectivity index (χ2v) is 9.42. The summed E-state index contributed by atoms with van der Waals surface area (Å²) in [4.78, 5) is 12.8. The lowest BCUT2D eigenvalue weighted by Crippen LogP contribution is -2.15. The third-order valence-electron chi connectivity index (χ3n) is 4.72. The van der Waals surface area contributed by atoms with E-state index in [2.05, 4.69) is 5.10 Å². The number of carbonyl (C=O) groups excluding carboxylic acids is 1. The van der Waals surface area contributed by atoms with Gasteiger partial charge in [-0.3, -0.25) is 0 Å². The van der Waals surface area contributed by atoms with Crippen molar-refractivity contribution >= 4 is 50.1 Å². The van der Waals surface area contributed by atoms with Gasteiger partial charge in [0, 0.05) is 0 Å². The molecule has 32 heavy (non-hydrogen) atoms. The molecule has 0 aliphatic rings. The summed E-state index contributed by atoms with van der Waals surface area (Å²) in [5.74, 6) is -0.670. The van der Waals surface area contributed by atoms with Gasteiger partial charge in [-0.15, -0.1) is 9.19 Å². The van der Waals surface area contributed by atoms with Gasteiger partial charge < -0.3 is 9.47 Å². The number of aromatic nitrogens is 2. The molecule has 0 bridgehead atoms. The largest absolute Gasteiger partial charge is 0.497 e. The molecular weight excluding hydrogens is 475 g/mol. The molecule has 0 unspecified atom stereocenters. The van der Waals surface area contributed by atoms with Gasteiger partial charge >= 0.3 is 5.97 Å². The third kappa shape index (κ3) is 3.92. The van der Waals surface area contributed by atoms with E-state index in [1.165, 1.54) is 43.5 Å². The minimum absolute atomic E-state index is 0.0374. The minimum Gasteiger partial charge on any atom is -0.497 e. The molecule has 3 aromatic carbocycles. The van der Waals surface area contributed by atoms with Crippen LogP contribution in [0.2, 0.25) is 10.0 Å². The fourth-order valence-electron chi connectivity index (χ4n) is 3.07. The summed E-state index contributed by atoms with van der Waals surface area (Å²) in [6.07, 6.45) is 0. The number of nitrogens with zero attached hydrogens (tertiary/aromatic N) is 2. The normalized spacial score (nSPS) is 11.5. The van der Waals surface area contributed by atoms with E-state index >= 15 is 0 Å². The number of hydrogen-bond acceptors (Lipinski definition) is 6. The zero-order chi connectivity index (χ0) is 23.0. The average Bonchev–Trinajstić information content (AvgIpc) is 3.12. The Kier molecular flexibility index (Phi) is 5.85. The van der Waals surface area contributed by atoms with Crippen molar-refractivity contribution < 1.29 is 22.7 Å². The maximum absolute atomic E-state index is 13.3. The van der Waals surface area contributed by atoms with Crippen molar-refractivity contribution in [3.8, 4) is 11.6 Å². The Morgan fingerprint density at radius 2 is 1.66 bits per heavy atom. The molecule has 1 aromatic heterocycles. The van der Waals surface area contributed by atoms with Gasteiger partial charge in [0.2, 0.25) is 0 Å². The maximum atomic E-state index is 13.3. The van der Waals surface area contributed by atoms with Crippen LogP contribution >= 0.6 is 23.2 Å². The summed E-state index contributed by atoms with van der Waals surface area (Å²) in [7, 11) is -2.61. The second-order valence-electron chi connectivity index (χ2n) is 6.84. The molecule has 0 radical (unpaired) electrons. The zero-order valence-corrected chi connectivity index (χ0v) is 19.2. The van der Waals surface area contributed by atoms with E-state index in [9.17, 15) is 13.2 Å². The molecule has 0 aliphatic carbocycles. The van der Waals surface area contributed by atoms with Crippen LogP contribution in [0.3, 0.4) is 0 Å². The lowest BCUT2D eigenvalue weighted by atomic mass is 10.2. The number of carbonyl (C=O) groups is 1. The molecule has 0 fully saturated rings. The topological polar surface area (TPSA) is 87.5 Å². The van der Waals surface area contributed by atoms with E-state index in [0.717, 1.165) is 9.65 Å². The van der Waals surface area contributed by atoms with Crippen molar-refractivity contribution in [3.05, 3.63) is 81.8 Å². The Bertz CT molecular complexity index is 1430. The third-order valence-corrected chi connectivity index (χ3v) is 6.96. The quantitative estimate of drug-likeness (QED) is 0.361. The van der Waals surface area contributed by atoms with Gasteiger partial charge in [0.1, 0.15) is 5.75 Å². The predicted octanol–water partition coefficient (Wildman–Crippen LogP) is 5.12. The molecule has 7 nitrogen and oxygen atoms in total. The molecule has 0 atom stereocenters. The first kappa shape index (κ1) is 22.1. The van der Waals surface area contributed by atoms with E-state index in [4.69, 9.17) is 32.7 Å². The van der Waals surface area contributed by atoms with E-state index in [1.54, 1.807) is 24.3 Å². The first-order valence-electron chi connectivity index (χ1n) is 9.27. The molecule has 10 heteroatoms. The Hall–Kier alpha value is -3.07. The highest BCUT2D eigenvalue weighted by atomic mass is 35.5. The fourth-order valence-corrected chi connectivity index (χ4v) is 4.90. The number of ether oxygens (including phenoxy) is 2. The summed E-state index contributed by atoms with van der Waals surface area (Å²) in [5, 5.41) is 4.55. The van der Waals surface area contributed by atoms with Crippen LogP contribution in [-0.2, 0) is 10.0 Å². The highest BCUT2D eigenvalue weighted by molar-refractivity contribution is 7.90. The molecule has 1 heterocycles. The monoisotopic (exact) mass is 490 g/mol. The van der Waals surface area contributed by atoms with Gasteiger partial charge in [-0.25, -0.2) is 4.79 Å². The van der Waals surface area contributed by atoms with Gasteiger partial charge in [0.15, 0.2) is 0 Å². The zero-order valence-electron chi connectivity index (χ0n) is 16.9. The Balaban J connectivity index is 1.86. The number of fused-ring (bicyclic) bond motifs is 1. The number of esters is 1. The van der Waals surface area contributed by atoms with Crippen LogP contribution in [0.5, 0.6) is 11.6 Å². The van der Waals surface area contributed by atoms with Gasteiger partial charge in [-0.2, -0.15) is 8.42 Å². The summed E-state index contributed by atoms with van der Waals surface area (Å²) < 4.78 is 38.1. The molecule has 4 rings (SSSR count). The summed E-state index contributed by atoms with van der Waals surface area (Å²) in [6.45, 7) is 1.85. The summed E-state index contributed by atoms with van der Waals surface area (Å²) in [5.41, 5.74) is 1.06. The standard InChI is InChI=1S/C22H16Cl2N2O5S/c1-13-6-9-15(10-7-13)32(28,29)26-19-11-8-14(30-2)12-16(19)21(25-26)31-22(27)20-17(23)4-3-5-18(20)24/h3-12H,1-2H3. The lowest BCUT2D eigenvalue weighted by Gasteiger charge is -2.06. The van der Waals surface area contributed by atoms with Gasteiger partial charge in [-0.1, -0.05) is 47.0 Å². The molecule has 0 saturated heterocycles. The van der Waals surface area contributed by atoms with E-state index in [1.807, 2.05) is 6.92 Å². The maximum Gasteiger partial charge on any atom is 0.347 e. The molecular formula is C22H16Cl2N2O5S. The van der Waals surface area contributed by atoms with Crippen LogP contribution in [0.15, 0.2) is 65.6 Å². The molecule has 4 aromatic rings. The minimum atomic E-state index is -4.08. The lowest BCUT2D eigenvalue weighted by molar-refractivity contribution is 0.0729. The summed E-state index contributed by atoms with van der Waals surface area (Å²) in [6, 6.07) is 15.5. The number of halogens is 2. The first-order chi connectivity index (χ1) is 15.2. The molecule has 164 valence electrons. The van der Waals surface area contributed by atoms with Crippen molar-refractivity contribution in [1.29, 1.82) is 0 Å². The van der Waals surface area contributed by atoms with Crippen molar-refractivity contribution in [2.75, 3.05) is 7.11 Å². The van der Waals surface area contributed by atoms with E-state index < -0.39 is 16.0 Å². The van der Waals surface area contributed by atoms with Crippen LogP contribution in [0.25, 0.3) is 10.9 Å². The van der Waals surface area contributed by atoms with Crippen LogP contribution in [0.1, 0.15) is 15.9 Å². The number of methoxy groups -OCH3 is 1. The number of rotatable bonds is 5. The predicted molar refractivity (Wildman–Crippen MR) is 121 cm³/mol. The van der Waals surface area contributed by atoms with Gasteiger partial charge in [0.05, 0.1) is 38.5 Å².